The molecule has 30 heavy (non-hydrogen) atoms. The maximum absolute atomic E-state index is 13.0. The van der Waals surface area contributed by atoms with Crippen molar-refractivity contribution < 1.29 is 14.3 Å². The highest BCUT2D eigenvalue weighted by Gasteiger charge is 2.24. The van der Waals surface area contributed by atoms with Crippen LogP contribution in [-0.4, -0.2) is 45.6 Å². The van der Waals surface area contributed by atoms with Crippen LogP contribution in [0.15, 0.2) is 47.6 Å². The predicted octanol–water partition coefficient (Wildman–Crippen LogP) is 2.71. The summed E-state index contributed by atoms with van der Waals surface area (Å²) in [7, 11) is 0. The van der Waals surface area contributed by atoms with Gasteiger partial charge in [-0.3, -0.25) is 9.79 Å². The number of benzene rings is 1. The largest absolute Gasteiger partial charge is 0.454 e. The quantitative estimate of drug-likeness (QED) is 0.384. The molecule has 2 aliphatic heterocycles. The summed E-state index contributed by atoms with van der Waals surface area (Å²) in [6.07, 6.45) is 7.50. The molecule has 0 radical (unpaired) electrons. The summed E-state index contributed by atoms with van der Waals surface area (Å²) in [5.74, 6) is 2.04. The number of rotatable bonds is 11. The molecule has 7 nitrogen and oxygen atoms in total. The van der Waals surface area contributed by atoms with Gasteiger partial charge in [0.25, 0.3) is 0 Å². The van der Waals surface area contributed by atoms with Gasteiger partial charge in [0.15, 0.2) is 11.5 Å². The van der Waals surface area contributed by atoms with Crippen molar-refractivity contribution in [3.63, 3.8) is 0 Å². The lowest BCUT2D eigenvalue weighted by Crippen LogP contribution is -2.39. The second kappa shape index (κ2) is 11.5. The van der Waals surface area contributed by atoms with Gasteiger partial charge >= 0.3 is 0 Å². The molecule has 162 valence electrons. The molecule has 0 spiro atoms. The molecule has 2 heterocycles. The standard InChI is InChI=1S/C23H32N4O3/c1-17(5-10-24-2)6-13-27-23(28)22(26-14-9-18-7-11-25-12-8-18)19-3-4-20-21(15-19)30-16-29-20/h3-5,10,15,18,22,25-26H,1-2,6-9,11-14,16H2,(H,27,28)/b10-5-. The van der Waals surface area contributed by atoms with Crippen LogP contribution in [0.5, 0.6) is 11.5 Å². The molecule has 3 N–H and O–H groups in total. The van der Waals surface area contributed by atoms with Crippen LogP contribution in [0.1, 0.15) is 37.3 Å². The zero-order chi connectivity index (χ0) is 21.2. The molecule has 7 heteroatoms. The number of ether oxygens (including phenoxy) is 2. The molecule has 0 bridgehead atoms. The lowest BCUT2D eigenvalue weighted by molar-refractivity contribution is -0.123. The minimum atomic E-state index is -0.445. The summed E-state index contributed by atoms with van der Waals surface area (Å²) >= 11 is 0. The minimum absolute atomic E-state index is 0.0576. The van der Waals surface area contributed by atoms with Crippen LogP contribution in [0, 0.1) is 5.92 Å². The Hall–Kier alpha value is -2.64. The number of nitrogens with one attached hydrogen (secondary N) is 3. The molecule has 1 saturated heterocycles. The number of piperidine rings is 1. The van der Waals surface area contributed by atoms with E-state index in [1.165, 1.54) is 12.8 Å². The zero-order valence-electron chi connectivity index (χ0n) is 17.5. The maximum Gasteiger partial charge on any atom is 0.241 e. The van der Waals surface area contributed by atoms with E-state index >= 15 is 0 Å². The molecule has 1 fully saturated rings. The zero-order valence-corrected chi connectivity index (χ0v) is 17.5. The third-order valence-corrected chi connectivity index (χ3v) is 5.51. The molecule has 0 aromatic heterocycles. The fourth-order valence-electron chi connectivity index (χ4n) is 3.75. The average Bonchev–Trinajstić information content (AvgIpc) is 3.24. The van der Waals surface area contributed by atoms with Crippen LogP contribution < -0.4 is 25.4 Å². The number of aliphatic imine (C=N–C) groups is 1. The van der Waals surface area contributed by atoms with E-state index in [2.05, 4.69) is 34.2 Å². The summed E-state index contributed by atoms with van der Waals surface area (Å²) in [5.41, 5.74) is 1.76. The van der Waals surface area contributed by atoms with E-state index in [0.29, 0.717) is 30.4 Å². The fraction of sp³-hybridized carbons (Fsp3) is 0.478. The second-order valence-electron chi connectivity index (χ2n) is 7.68. The van der Waals surface area contributed by atoms with Crippen molar-refractivity contribution in [1.29, 1.82) is 0 Å². The number of carbonyl (C=O) groups excluding carboxylic acids is 1. The topological polar surface area (TPSA) is 84.0 Å². The highest BCUT2D eigenvalue weighted by Crippen LogP contribution is 2.34. The average molecular weight is 413 g/mol. The highest BCUT2D eigenvalue weighted by molar-refractivity contribution is 5.83. The minimum Gasteiger partial charge on any atom is -0.454 e. The van der Waals surface area contributed by atoms with Gasteiger partial charge in [-0.1, -0.05) is 18.2 Å². The van der Waals surface area contributed by atoms with Gasteiger partial charge < -0.3 is 25.4 Å². The van der Waals surface area contributed by atoms with Gasteiger partial charge in [0.2, 0.25) is 12.7 Å². The Labute approximate surface area is 178 Å². The Bertz CT molecular complexity index is 772. The van der Waals surface area contributed by atoms with Crippen LogP contribution in [-0.2, 0) is 4.79 Å². The Morgan fingerprint density at radius 3 is 2.87 bits per heavy atom. The predicted molar refractivity (Wildman–Crippen MR) is 119 cm³/mol. The third kappa shape index (κ3) is 6.43. The Morgan fingerprint density at radius 1 is 1.27 bits per heavy atom. The van der Waals surface area contributed by atoms with E-state index in [9.17, 15) is 4.79 Å². The second-order valence-corrected chi connectivity index (χ2v) is 7.68. The van der Waals surface area contributed by atoms with Gasteiger partial charge in [0.1, 0.15) is 6.04 Å². The number of amides is 1. The summed E-state index contributed by atoms with van der Waals surface area (Å²) in [6, 6.07) is 5.23. The Kier molecular flexibility index (Phi) is 8.47. The van der Waals surface area contributed by atoms with Crippen molar-refractivity contribution in [3.8, 4) is 11.5 Å². The van der Waals surface area contributed by atoms with Crippen LogP contribution in [0.25, 0.3) is 0 Å². The fourth-order valence-corrected chi connectivity index (χ4v) is 3.75. The molecule has 0 aliphatic carbocycles. The smallest absolute Gasteiger partial charge is 0.241 e. The van der Waals surface area contributed by atoms with E-state index in [1.807, 2.05) is 18.2 Å². The van der Waals surface area contributed by atoms with Gasteiger partial charge in [-0.25, -0.2) is 0 Å². The molecule has 1 aromatic rings. The van der Waals surface area contributed by atoms with Gasteiger partial charge in [0.05, 0.1) is 0 Å². The van der Waals surface area contributed by atoms with Gasteiger partial charge in [-0.2, -0.15) is 0 Å². The molecular weight excluding hydrogens is 380 g/mol. The van der Waals surface area contributed by atoms with E-state index < -0.39 is 6.04 Å². The molecular formula is C23H32N4O3. The lowest BCUT2D eigenvalue weighted by Gasteiger charge is -2.24. The molecule has 0 saturated carbocycles. The van der Waals surface area contributed by atoms with Crippen molar-refractivity contribution in [2.24, 2.45) is 10.9 Å². The van der Waals surface area contributed by atoms with Crippen LogP contribution in [0.2, 0.25) is 0 Å². The van der Waals surface area contributed by atoms with Crippen LogP contribution in [0.3, 0.4) is 0 Å². The Morgan fingerprint density at radius 2 is 2.07 bits per heavy atom. The van der Waals surface area contributed by atoms with Gasteiger partial charge in [-0.15, -0.1) is 0 Å². The summed E-state index contributed by atoms with van der Waals surface area (Å²) in [4.78, 5) is 16.7. The van der Waals surface area contributed by atoms with Crippen LogP contribution in [0.4, 0.5) is 0 Å². The number of allylic oxidation sites excluding steroid dienone is 1. The first-order valence-corrected chi connectivity index (χ1v) is 10.6. The lowest BCUT2D eigenvalue weighted by atomic mass is 9.94. The van der Waals surface area contributed by atoms with Gasteiger partial charge in [-0.05, 0) is 81.7 Å². The van der Waals surface area contributed by atoms with Gasteiger partial charge in [0, 0.05) is 12.7 Å². The monoisotopic (exact) mass is 412 g/mol. The van der Waals surface area contributed by atoms with E-state index in [-0.39, 0.29) is 12.7 Å². The van der Waals surface area contributed by atoms with E-state index in [0.717, 1.165) is 37.2 Å². The van der Waals surface area contributed by atoms with Crippen molar-refractivity contribution in [3.05, 3.63) is 48.2 Å². The first-order valence-electron chi connectivity index (χ1n) is 10.6. The number of hydrogen-bond acceptors (Lipinski definition) is 6. The first-order chi connectivity index (χ1) is 14.7. The molecule has 2 aliphatic rings. The SMILES string of the molecule is C=N/C=C\C(=C)CCNC(=O)C(NCCC1CCNCC1)c1ccc2c(c1)OCO2. The molecule has 1 amide bonds. The van der Waals surface area contributed by atoms with E-state index in [4.69, 9.17) is 9.47 Å². The Balaban J connectivity index is 1.59. The van der Waals surface area contributed by atoms with Crippen molar-refractivity contribution in [2.75, 3.05) is 33.0 Å². The third-order valence-electron chi connectivity index (χ3n) is 5.51. The summed E-state index contributed by atoms with van der Waals surface area (Å²) in [6.45, 7) is 11.0. The van der Waals surface area contributed by atoms with Crippen molar-refractivity contribution in [2.45, 2.75) is 31.7 Å². The normalized spacial score (nSPS) is 17.1. The molecule has 1 unspecified atom stereocenters. The number of fused-ring (bicyclic) bond motifs is 1. The number of hydrogen-bond donors (Lipinski definition) is 3. The maximum atomic E-state index is 13.0. The molecule has 1 aromatic carbocycles. The highest BCUT2D eigenvalue weighted by atomic mass is 16.7. The molecule has 3 rings (SSSR count). The molecule has 1 atom stereocenters. The van der Waals surface area contributed by atoms with Crippen molar-refractivity contribution in [1.82, 2.24) is 16.0 Å². The summed E-state index contributed by atoms with van der Waals surface area (Å²) < 4.78 is 10.9. The van der Waals surface area contributed by atoms with Crippen LogP contribution >= 0.6 is 0 Å². The number of nitrogens with zero attached hydrogens (tertiary/aromatic N) is 1. The first kappa shape index (κ1) is 22.1. The van der Waals surface area contributed by atoms with E-state index in [1.54, 1.807) is 12.3 Å². The van der Waals surface area contributed by atoms with Crippen molar-refractivity contribution >= 4 is 12.6 Å². The number of carbonyl (C=O) groups is 1. The summed E-state index contributed by atoms with van der Waals surface area (Å²) in [5, 5.41) is 9.87.